The number of rotatable bonds is 5. The van der Waals surface area contributed by atoms with Crippen LogP contribution in [0.1, 0.15) is 35.3 Å². The summed E-state index contributed by atoms with van der Waals surface area (Å²) in [7, 11) is 0. The summed E-state index contributed by atoms with van der Waals surface area (Å²) in [5.41, 5.74) is 1.13. The van der Waals surface area contributed by atoms with Crippen molar-refractivity contribution in [2.45, 2.75) is 19.3 Å². The molecule has 0 aromatic carbocycles. The van der Waals surface area contributed by atoms with E-state index < -0.39 is 0 Å². The number of aliphatic hydroxyl groups excluding tert-OH is 1. The average molecular weight is 288 g/mol. The first-order valence-corrected chi connectivity index (χ1v) is 7.21. The second-order valence-corrected chi connectivity index (χ2v) is 4.98. The van der Waals surface area contributed by atoms with Crippen molar-refractivity contribution in [2.24, 2.45) is 5.92 Å². The fourth-order valence-electron chi connectivity index (χ4n) is 2.11. The molecule has 1 amide bonds. The molecular formula is C16H20N2O3. The largest absolute Gasteiger partial charge is 0.395 e. The predicted molar refractivity (Wildman–Crippen MR) is 78.7 cm³/mol. The van der Waals surface area contributed by atoms with Gasteiger partial charge in [0.2, 0.25) is 0 Å². The van der Waals surface area contributed by atoms with Gasteiger partial charge in [0.05, 0.1) is 6.61 Å². The van der Waals surface area contributed by atoms with E-state index in [0.717, 1.165) is 31.6 Å². The summed E-state index contributed by atoms with van der Waals surface area (Å²) in [6, 6.07) is 3.42. The van der Waals surface area contributed by atoms with Crippen LogP contribution >= 0.6 is 0 Å². The van der Waals surface area contributed by atoms with Crippen molar-refractivity contribution in [1.82, 2.24) is 10.3 Å². The van der Waals surface area contributed by atoms with Crippen LogP contribution in [0.2, 0.25) is 0 Å². The van der Waals surface area contributed by atoms with E-state index in [9.17, 15) is 4.79 Å². The van der Waals surface area contributed by atoms with Gasteiger partial charge in [-0.1, -0.05) is 11.8 Å². The maximum Gasteiger partial charge on any atom is 0.269 e. The molecule has 1 aliphatic heterocycles. The van der Waals surface area contributed by atoms with E-state index in [1.54, 1.807) is 18.3 Å². The first-order chi connectivity index (χ1) is 10.3. The van der Waals surface area contributed by atoms with Gasteiger partial charge >= 0.3 is 0 Å². The van der Waals surface area contributed by atoms with E-state index in [0.29, 0.717) is 24.6 Å². The van der Waals surface area contributed by atoms with Crippen LogP contribution in [0.3, 0.4) is 0 Å². The molecule has 1 fully saturated rings. The zero-order chi connectivity index (χ0) is 14.9. The van der Waals surface area contributed by atoms with Crippen molar-refractivity contribution in [3.05, 3.63) is 29.6 Å². The van der Waals surface area contributed by atoms with E-state index in [2.05, 4.69) is 22.1 Å². The minimum atomic E-state index is -0.163. The highest BCUT2D eigenvalue weighted by Gasteiger charge is 2.15. The zero-order valence-corrected chi connectivity index (χ0v) is 12.0. The summed E-state index contributed by atoms with van der Waals surface area (Å²) in [5, 5.41) is 11.5. The maximum atomic E-state index is 11.9. The number of aromatic nitrogens is 1. The lowest BCUT2D eigenvalue weighted by atomic mass is 10.1. The molecule has 1 aromatic rings. The molecule has 1 aromatic heterocycles. The molecule has 1 atom stereocenters. The van der Waals surface area contributed by atoms with E-state index in [4.69, 9.17) is 9.84 Å². The molecule has 2 heterocycles. The Hall–Kier alpha value is -1.90. The Labute approximate surface area is 124 Å². The summed E-state index contributed by atoms with van der Waals surface area (Å²) in [5.74, 6) is 6.08. The quantitative estimate of drug-likeness (QED) is 0.792. The third kappa shape index (κ3) is 5.18. The van der Waals surface area contributed by atoms with Gasteiger partial charge in [0, 0.05) is 37.9 Å². The highest BCUT2D eigenvalue weighted by atomic mass is 16.5. The summed E-state index contributed by atoms with van der Waals surface area (Å²) in [6.07, 6.45) is 4.03. The molecule has 0 saturated carbocycles. The van der Waals surface area contributed by atoms with Crippen LogP contribution in [0.25, 0.3) is 0 Å². The Morgan fingerprint density at radius 2 is 2.43 bits per heavy atom. The highest BCUT2D eigenvalue weighted by molar-refractivity contribution is 5.92. The topological polar surface area (TPSA) is 71.5 Å². The Morgan fingerprint density at radius 3 is 3.10 bits per heavy atom. The van der Waals surface area contributed by atoms with Gasteiger partial charge in [-0.25, -0.2) is 4.98 Å². The Morgan fingerprint density at radius 1 is 1.52 bits per heavy atom. The van der Waals surface area contributed by atoms with Gasteiger partial charge < -0.3 is 15.2 Å². The van der Waals surface area contributed by atoms with Crippen LogP contribution in [-0.4, -0.2) is 42.4 Å². The first kappa shape index (κ1) is 15.5. The van der Waals surface area contributed by atoms with E-state index in [1.165, 1.54) is 0 Å². The Balaban J connectivity index is 1.78. The molecule has 112 valence electrons. The minimum absolute atomic E-state index is 0.0486. The normalized spacial score (nSPS) is 17.1. The van der Waals surface area contributed by atoms with E-state index in [1.807, 2.05) is 0 Å². The lowest BCUT2D eigenvalue weighted by Gasteiger charge is -2.08. The number of nitrogens with one attached hydrogen (secondary N) is 1. The maximum absolute atomic E-state index is 11.9. The smallest absolute Gasteiger partial charge is 0.269 e. The van der Waals surface area contributed by atoms with Gasteiger partial charge in [-0.2, -0.15) is 0 Å². The van der Waals surface area contributed by atoms with Gasteiger partial charge in [0.15, 0.2) is 0 Å². The highest BCUT2D eigenvalue weighted by Crippen LogP contribution is 2.15. The standard InChI is InChI=1S/C16H20N2O3/c19-9-2-1-3-13-4-5-15(18-11-13)16(20)17-8-6-14-7-10-21-12-14/h4-5,11,14,19H,2,6-10,12H2,(H,17,20). The number of pyridine rings is 1. The van der Waals surface area contributed by atoms with Crippen LogP contribution in [0, 0.1) is 17.8 Å². The lowest BCUT2D eigenvalue weighted by Crippen LogP contribution is -2.26. The first-order valence-electron chi connectivity index (χ1n) is 7.21. The predicted octanol–water partition coefficient (Wildman–Crippen LogP) is 0.972. The van der Waals surface area contributed by atoms with Gasteiger partial charge in [0.25, 0.3) is 5.91 Å². The van der Waals surface area contributed by atoms with Crippen molar-refractivity contribution in [3.8, 4) is 11.8 Å². The SMILES string of the molecule is O=C(NCCC1CCOC1)c1ccc(C#CCCO)cn1. The number of aliphatic hydroxyl groups is 1. The number of carbonyl (C=O) groups is 1. The molecule has 1 unspecified atom stereocenters. The number of nitrogens with zero attached hydrogens (tertiary/aromatic N) is 1. The number of hydrogen-bond acceptors (Lipinski definition) is 4. The third-order valence-electron chi connectivity index (χ3n) is 3.33. The second-order valence-electron chi connectivity index (χ2n) is 4.98. The molecule has 0 spiro atoms. The number of hydrogen-bond donors (Lipinski definition) is 2. The van der Waals surface area contributed by atoms with Crippen molar-refractivity contribution < 1.29 is 14.6 Å². The molecule has 21 heavy (non-hydrogen) atoms. The molecule has 2 rings (SSSR count). The van der Waals surface area contributed by atoms with Crippen molar-refractivity contribution >= 4 is 5.91 Å². The Bertz CT molecular complexity index is 511. The minimum Gasteiger partial charge on any atom is -0.395 e. The monoisotopic (exact) mass is 288 g/mol. The van der Waals surface area contributed by atoms with E-state index >= 15 is 0 Å². The molecule has 5 heteroatoms. The average Bonchev–Trinajstić information content (AvgIpc) is 3.01. The number of carbonyl (C=O) groups excluding carboxylic acids is 1. The molecule has 0 aliphatic carbocycles. The number of ether oxygens (including phenoxy) is 1. The van der Waals surface area contributed by atoms with Gasteiger partial charge in [-0.15, -0.1) is 0 Å². The van der Waals surface area contributed by atoms with Crippen LogP contribution in [0.15, 0.2) is 18.3 Å². The van der Waals surface area contributed by atoms with Crippen LogP contribution in [-0.2, 0) is 4.74 Å². The summed E-state index contributed by atoms with van der Waals surface area (Å²) >= 11 is 0. The third-order valence-corrected chi connectivity index (χ3v) is 3.33. The van der Waals surface area contributed by atoms with Gasteiger partial charge in [0.1, 0.15) is 5.69 Å². The van der Waals surface area contributed by atoms with Crippen molar-refractivity contribution in [2.75, 3.05) is 26.4 Å². The summed E-state index contributed by atoms with van der Waals surface area (Å²) in [6.45, 7) is 2.33. The molecule has 0 radical (unpaired) electrons. The molecule has 1 aliphatic rings. The lowest BCUT2D eigenvalue weighted by molar-refractivity contribution is 0.0945. The van der Waals surface area contributed by atoms with Crippen molar-refractivity contribution in [3.63, 3.8) is 0 Å². The zero-order valence-electron chi connectivity index (χ0n) is 12.0. The molecule has 5 nitrogen and oxygen atoms in total. The fourth-order valence-corrected chi connectivity index (χ4v) is 2.11. The number of amides is 1. The second kappa shape index (κ2) is 8.40. The fraction of sp³-hybridized carbons (Fsp3) is 0.500. The van der Waals surface area contributed by atoms with Crippen LogP contribution < -0.4 is 5.32 Å². The van der Waals surface area contributed by atoms with Crippen LogP contribution in [0.4, 0.5) is 0 Å². The van der Waals surface area contributed by atoms with Crippen LogP contribution in [0.5, 0.6) is 0 Å². The molecule has 2 N–H and O–H groups in total. The molecule has 0 bridgehead atoms. The van der Waals surface area contributed by atoms with Gasteiger partial charge in [-0.3, -0.25) is 4.79 Å². The molecule has 1 saturated heterocycles. The molecular weight excluding hydrogens is 268 g/mol. The Kier molecular flexibility index (Phi) is 6.20. The van der Waals surface area contributed by atoms with Crippen molar-refractivity contribution in [1.29, 1.82) is 0 Å². The van der Waals surface area contributed by atoms with Gasteiger partial charge in [-0.05, 0) is 30.9 Å². The summed E-state index contributed by atoms with van der Waals surface area (Å²) in [4.78, 5) is 16.0. The summed E-state index contributed by atoms with van der Waals surface area (Å²) < 4.78 is 5.30. The van der Waals surface area contributed by atoms with E-state index in [-0.39, 0.29) is 12.5 Å².